The van der Waals surface area contributed by atoms with Crippen LogP contribution in [0.25, 0.3) is 0 Å². The van der Waals surface area contributed by atoms with Gasteiger partial charge in [0.2, 0.25) is 0 Å². The third-order valence-corrected chi connectivity index (χ3v) is 3.52. The van der Waals surface area contributed by atoms with Crippen molar-refractivity contribution in [3.8, 4) is 6.07 Å². The van der Waals surface area contributed by atoms with E-state index in [4.69, 9.17) is 4.74 Å². The van der Waals surface area contributed by atoms with Crippen LogP contribution in [0.2, 0.25) is 0 Å². The summed E-state index contributed by atoms with van der Waals surface area (Å²) in [5.41, 5.74) is 1.69. The molecule has 0 spiro atoms. The average molecular weight is 295 g/mol. The number of nitrogens with zero attached hydrogens (tertiary/aromatic N) is 2. The van der Waals surface area contributed by atoms with Crippen LogP contribution >= 0.6 is 15.9 Å². The predicted octanol–water partition coefficient (Wildman–Crippen LogP) is 2.93. The number of rotatable bonds is 1. The molecule has 1 heterocycles. The molecule has 17 heavy (non-hydrogen) atoms. The Kier molecular flexibility index (Phi) is 3.70. The maximum absolute atomic E-state index is 9.22. The van der Waals surface area contributed by atoms with Crippen LogP contribution in [0.1, 0.15) is 19.4 Å². The third kappa shape index (κ3) is 2.62. The zero-order valence-corrected chi connectivity index (χ0v) is 11.6. The van der Waals surface area contributed by atoms with E-state index in [9.17, 15) is 5.26 Å². The van der Waals surface area contributed by atoms with Gasteiger partial charge < -0.3 is 9.64 Å². The smallest absolute Gasteiger partial charge is 0.103 e. The quantitative estimate of drug-likeness (QED) is 0.799. The van der Waals surface area contributed by atoms with E-state index in [0.717, 1.165) is 23.2 Å². The van der Waals surface area contributed by atoms with Crippen LogP contribution in [0.5, 0.6) is 0 Å². The summed E-state index contributed by atoms with van der Waals surface area (Å²) in [6.45, 7) is 5.78. The second kappa shape index (κ2) is 5.07. The first kappa shape index (κ1) is 12.4. The molecule has 1 saturated heterocycles. The summed E-state index contributed by atoms with van der Waals surface area (Å²) in [6.07, 6.45) is 0.397. The highest BCUT2D eigenvalue weighted by Crippen LogP contribution is 2.29. The van der Waals surface area contributed by atoms with Crippen molar-refractivity contribution in [3.63, 3.8) is 0 Å². The molecular formula is C13H15BrN2O. The summed E-state index contributed by atoms with van der Waals surface area (Å²) < 4.78 is 6.56. The van der Waals surface area contributed by atoms with Crippen molar-refractivity contribution in [3.05, 3.63) is 28.2 Å². The molecule has 0 unspecified atom stereocenters. The second-order valence-corrected chi connectivity index (χ2v) is 5.26. The molecule has 0 amide bonds. The molecule has 0 N–H and O–H groups in total. The van der Waals surface area contributed by atoms with Crippen LogP contribution < -0.4 is 4.90 Å². The van der Waals surface area contributed by atoms with Gasteiger partial charge in [0.15, 0.2) is 0 Å². The summed E-state index contributed by atoms with van der Waals surface area (Å²) in [7, 11) is 0. The molecule has 1 aromatic rings. The number of hydrogen-bond acceptors (Lipinski definition) is 3. The van der Waals surface area contributed by atoms with Gasteiger partial charge in [0.1, 0.15) is 6.07 Å². The fourth-order valence-electron chi connectivity index (χ4n) is 2.26. The SMILES string of the molecule is C[C@@H]1CN(c2cccc(Br)c2C#N)C[C@H](C)O1. The number of morpholine rings is 1. The Morgan fingerprint density at radius 1 is 1.35 bits per heavy atom. The number of halogens is 1. The lowest BCUT2D eigenvalue weighted by atomic mass is 10.1. The van der Waals surface area contributed by atoms with Gasteiger partial charge in [0, 0.05) is 17.6 Å². The predicted molar refractivity (Wildman–Crippen MR) is 71.1 cm³/mol. The van der Waals surface area contributed by atoms with Gasteiger partial charge in [-0.1, -0.05) is 6.07 Å². The monoisotopic (exact) mass is 294 g/mol. The van der Waals surface area contributed by atoms with Crippen LogP contribution in [-0.4, -0.2) is 25.3 Å². The van der Waals surface area contributed by atoms with Crippen molar-refractivity contribution >= 4 is 21.6 Å². The lowest BCUT2D eigenvalue weighted by molar-refractivity contribution is -0.00523. The summed E-state index contributed by atoms with van der Waals surface area (Å²) in [4.78, 5) is 2.22. The van der Waals surface area contributed by atoms with E-state index in [1.54, 1.807) is 0 Å². The van der Waals surface area contributed by atoms with Crippen molar-refractivity contribution in [2.75, 3.05) is 18.0 Å². The van der Waals surface area contributed by atoms with E-state index in [-0.39, 0.29) is 12.2 Å². The highest BCUT2D eigenvalue weighted by molar-refractivity contribution is 9.10. The van der Waals surface area contributed by atoms with Crippen molar-refractivity contribution in [1.29, 1.82) is 5.26 Å². The zero-order chi connectivity index (χ0) is 12.4. The average Bonchev–Trinajstić information content (AvgIpc) is 2.27. The van der Waals surface area contributed by atoms with E-state index in [2.05, 4.69) is 40.7 Å². The maximum atomic E-state index is 9.22. The molecule has 0 saturated carbocycles. The number of hydrogen-bond donors (Lipinski definition) is 0. The normalized spacial score (nSPS) is 24.5. The minimum absolute atomic E-state index is 0.198. The summed E-state index contributed by atoms with van der Waals surface area (Å²) >= 11 is 3.42. The summed E-state index contributed by atoms with van der Waals surface area (Å²) in [5, 5.41) is 9.22. The Morgan fingerprint density at radius 2 is 2.00 bits per heavy atom. The molecule has 4 heteroatoms. The van der Waals surface area contributed by atoms with E-state index in [1.165, 1.54) is 0 Å². The minimum atomic E-state index is 0.198. The van der Waals surface area contributed by atoms with Gasteiger partial charge in [-0.05, 0) is 41.9 Å². The molecule has 1 fully saturated rings. The Labute approximate surface area is 110 Å². The molecular weight excluding hydrogens is 280 g/mol. The minimum Gasteiger partial charge on any atom is -0.372 e. The first-order valence-electron chi connectivity index (χ1n) is 5.71. The second-order valence-electron chi connectivity index (χ2n) is 4.41. The van der Waals surface area contributed by atoms with Gasteiger partial charge in [-0.25, -0.2) is 0 Å². The van der Waals surface area contributed by atoms with Crippen molar-refractivity contribution in [2.45, 2.75) is 26.1 Å². The summed E-state index contributed by atoms with van der Waals surface area (Å²) in [6, 6.07) is 8.12. The van der Waals surface area contributed by atoms with Gasteiger partial charge in [0.05, 0.1) is 23.5 Å². The first-order chi connectivity index (χ1) is 8.11. The van der Waals surface area contributed by atoms with Gasteiger partial charge in [-0.15, -0.1) is 0 Å². The highest BCUT2D eigenvalue weighted by atomic mass is 79.9. The van der Waals surface area contributed by atoms with Gasteiger partial charge in [-0.3, -0.25) is 0 Å². The molecule has 0 radical (unpaired) electrons. The van der Waals surface area contributed by atoms with Crippen LogP contribution in [0, 0.1) is 11.3 Å². The van der Waals surface area contributed by atoms with E-state index < -0.39 is 0 Å². The fraction of sp³-hybridized carbons (Fsp3) is 0.462. The first-order valence-corrected chi connectivity index (χ1v) is 6.50. The Morgan fingerprint density at radius 3 is 2.59 bits per heavy atom. The number of benzene rings is 1. The lowest BCUT2D eigenvalue weighted by Crippen LogP contribution is -2.45. The Balaban J connectivity index is 2.34. The standard InChI is InChI=1S/C13H15BrN2O/c1-9-7-16(8-10(2)17-9)13-5-3-4-12(14)11(13)6-15/h3-5,9-10H,7-8H2,1-2H3/t9-,10+. The van der Waals surface area contributed by atoms with Crippen LogP contribution in [0.3, 0.4) is 0 Å². The molecule has 2 atom stereocenters. The molecule has 0 aromatic heterocycles. The zero-order valence-electron chi connectivity index (χ0n) is 9.98. The molecule has 0 bridgehead atoms. The molecule has 2 rings (SSSR count). The third-order valence-electron chi connectivity index (χ3n) is 2.86. The van der Waals surface area contributed by atoms with E-state index >= 15 is 0 Å². The molecule has 1 aliphatic rings. The Bertz CT molecular complexity index is 445. The topological polar surface area (TPSA) is 36.3 Å². The van der Waals surface area contributed by atoms with Gasteiger partial charge in [-0.2, -0.15) is 5.26 Å². The fourth-order valence-corrected chi connectivity index (χ4v) is 2.71. The van der Waals surface area contributed by atoms with Crippen LogP contribution in [-0.2, 0) is 4.74 Å². The van der Waals surface area contributed by atoms with Crippen molar-refractivity contribution in [2.24, 2.45) is 0 Å². The van der Waals surface area contributed by atoms with Crippen molar-refractivity contribution < 1.29 is 4.74 Å². The summed E-state index contributed by atoms with van der Waals surface area (Å²) in [5.74, 6) is 0. The van der Waals surface area contributed by atoms with E-state index in [0.29, 0.717) is 5.56 Å². The number of anilines is 1. The van der Waals surface area contributed by atoms with Gasteiger partial charge in [0.25, 0.3) is 0 Å². The van der Waals surface area contributed by atoms with Crippen LogP contribution in [0.15, 0.2) is 22.7 Å². The Hall–Kier alpha value is -1.05. The van der Waals surface area contributed by atoms with E-state index in [1.807, 2.05) is 18.2 Å². The molecule has 1 aliphatic heterocycles. The van der Waals surface area contributed by atoms with Crippen molar-refractivity contribution in [1.82, 2.24) is 0 Å². The number of nitriles is 1. The van der Waals surface area contributed by atoms with Crippen LogP contribution in [0.4, 0.5) is 5.69 Å². The molecule has 1 aromatic carbocycles. The molecule has 90 valence electrons. The molecule has 3 nitrogen and oxygen atoms in total. The maximum Gasteiger partial charge on any atom is 0.103 e. The van der Waals surface area contributed by atoms with Gasteiger partial charge >= 0.3 is 0 Å². The highest BCUT2D eigenvalue weighted by Gasteiger charge is 2.24. The lowest BCUT2D eigenvalue weighted by Gasteiger charge is -2.37. The largest absolute Gasteiger partial charge is 0.372 e. The molecule has 0 aliphatic carbocycles. The number of ether oxygens (including phenoxy) is 1.